The summed E-state index contributed by atoms with van der Waals surface area (Å²) in [7, 11) is 0. The molecule has 7 heteroatoms. The highest BCUT2D eigenvalue weighted by atomic mass is 32.2. The molecule has 4 nitrogen and oxygen atoms in total. The van der Waals surface area contributed by atoms with Crippen molar-refractivity contribution >= 4 is 40.3 Å². The molecule has 4 heterocycles. The van der Waals surface area contributed by atoms with Gasteiger partial charge in [0.25, 0.3) is 5.91 Å². The number of thiophene rings is 1. The van der Waals surface area contributed by atoms with Crippen LogP contribution in [0.3, 0.4) is 0 Å². The van der Waals surface area contributed by atoms with E-state index in [1.807, 2.05) is 57.1 Å². The molecule has 0 unspecified atom stereocenters. The van der Waals surface area contributed by atoms with Crippen molar-refractivity contribution in [3.8, 4) is 5.00 Å². The second-order valence-electron chi connectivity index (χ2n) is 6.45. The normalized spacial score (nSPS) is 14.9. The largest absolute Gasteiger partial charge is 0.345 e. The molecule has 0 bridgehead atoms. The summed E-state index contributed by atoms with van der Waals surface area (Å²) in [6.07, 6.45) is 5.00. The molecule has 0 aliphatic carbocycles. The van der Waals surface area contributed by atoms with E-state index in [-0.39, 0.29) is 11.9 Å². The number of hydrogen-bond donors (Lipinski definition) is 1. The number of carbonyl (C=O) groups excluding carboxylic acids is 1. The van der Waals surface area contributed by atoms with Crippen LogP contribution in [0, 0.1) is 13.8 Å². The van der Waals surface area contributed by atoms with Gasteiger partial charge >= 0.3 is 0 Å². The van der Waals surface area contributed by atoms with E-state index in [1.54, 1.807) is 22.7 Å². The van der Waals surface area contributed by atoms with E-state index in [0.717, 1.165) is 44.1 Å². The Balaban J connectivity index is 1.69. The highest BCUT2D eigenvalue weighted by molar-refractivity contribution is 7.98. The monoisotopic (exact) mass is 403 g/mol. The molecule has 3 aromatic rings. The fourth-order valence-electron chi connectivity index (χ4n) is 3.39. The Kier molecular flexibility index (Phi) is 4.94. The SMILES string of the molecule is Cc1nc(C)c([C@H](C)NC(=O)c2c(-n3cccc3)sc3c2CCSC3)s1. The van der Waals surface area contributed by atoms with Gasteiger partial charge in [0, 0.05) is 27.9 Å². The van der Waals surface area contributed by atoms with Crippen LogP contribution in [0.5, 0.6) is 0 Å². The van der Waals surface area contributed by atoms with Gasteiger partial charge in [-0.05, 0) is 50.6 Å². The molecule has 136 valence electrons. The second kappa shape index (κ2) is 7.21. The number of carbonyl (C=O) groups is 1. The van der Waals surface area contributed by atoms with Crippen LogP contribution < -0.4 is 5.32 Å². The van der Waals surface area contributed by atoms with E-state index in [9.17, 15) is 4.79 Å². The lowest BCUT2D eigenvalue weighted by molar-refractivity contribution is 0.0940. The molecular formula is C19H21N3OS3. The number of rotatable bonds is 4. The minimum Gasteiger partial charge on any atom is -0.345 e. The number of aryl methyl sites for hydroxylation is 2. The van der Waals surface area contributed by atoms with Gasteiger partial charge in [0.15, 0.2) is 0 Å². The molecule has 0 saturated carbocycles. The summed E-state index contributed by atoms with van der Waals surface area (Å²) in [6.45, 7) is 6.06. The Bertz CT molecular complexity index is 940. The summed E-state index contributed by atoms with van der Waals surface area (Å²) in [4.78, 5) is 20.2. The Hall–Kier alpha value is -1.57. The topological polar surface area (TPSA) is 46.9 Å². The summed E-state index contributed by atoms with van der Waals surface area (Å²) in [5.41, 5.74) is 3.10. The number of nitrogens with one attached hydrogen (secondary N) is 1. The molecular weight excluding hydrogens is 382 g/mol. The van der Waals surface area contributed by atoms with Gasteiger partial charge in [0.2, 0.25) is 0 Å². The molecule has 1 aliphatic heterocycles. The summed E-state index contributed by atoms with van der Waals surface area (Å²) < 4.78 is 2.06. The van der Waals surface area contributed by atoms with Crippen LogP contribution in [0.1, 0.15) is 49.3 Å². The quantitative estimate of drug-likeness (QED) is 0.674. The summed E-state index contributed by atoms with van der Waals surface area (Å²) in [5, 5.41) is 5.29. The van der Waals surface area contributed by atoms with Gasteiger partial charge in [-0.15, -0.1) is 22.7 Å². The lowest BCUT2D eigenvalue weighted by Crippen LogP contribution is -2.28. The van der Waals surface area contributed by atoms with E-state index in [1.165, 1.54) is 10.4 Å². The van der Waals surface area contributed by atoms with Crippen molar-refractivity contribution in [1.82, 2.24) is 14.9 Å². The average molecular weight is 404 g/mol. The van der Waals surface area contributed by atoms with Crippen LogP contribution in [0.4, 0.5) is 0 Å². The number of fused-ring (bicyclic) bond motifs is 1. The fourth-order valence-corrected chi connectivity index (χ4v) is 6.76. The van der Waals surface area contributed by atoms with Gasteiger partial charge in [-0.25, -0.2) is 4.98 Å². The van der Waals surface area contributed by atoms with Crippen molar-refractivity contribution in [3.05, 3.63) is 56.1 Å². The first-order valence-electron chi connectivity index (χ1n) is 8.65. The van der Waals surface area contributed by atoms with E-state index < -0.39 is 0 Å². The van der Waals surface area contributed by atoms with Gasteiger partial charge in [-0.3, -0.25) is 4.79 Å². The predicted octanol–water partition coefficient (Wildman–Crippen LogP) is 4.89. The number of thiazole rings is 1. The van der Waals surface area contributed by atoms with Crippen LogP contribution in [-0.2, 0) is 12.2 Å². The molecule has 0 aromatic carbocycles. The zero-order valence-electron chi connectivity index (χ0n) is 15.0. The standard InChI is InChI=1S/C19H21N3OS3/c1-11-17(25-13(3)20-11)12(2)21-18(23)16-14-6-9-24-10-15(14)26-19(16)22-7-4-5-8-22/h4-5,7-8,12H,6,9-10H2,1-3H3,(H,21,23)/t12-/m0/s1. The third-order valence-corrected chi connectivity index (χ3v) is 8.22. The predicted molar refractivity (Wildman–Crippen MR) is 111 cm³/mol. The van der Waals surface area contributed by atoms with Crippen molar-refractivity contribution in [2.24, 2.45) is 0 Å². The second-order valence-corrected chi connectivity index (χ2v) is 9.88. The fraction of sp³-hybridized carbons (Fsp3) is 0.368. The van der Waals surface area contributed by atoms with Crippen molar-refractivity contribution < 1.29 is 4.79 Å². The molecule has 26 heavy (non-hydrogen) atoms. The molecule has 1 atom stereocenters. The summed E-state index contributed by atoms with van der Waals surface area (Å²) in [6, 6.07) is 3.96. The number of aromatic nitrogens is 2. The van der Waals surface area contributed by atoms with Gasteiger partial charge < -0.3 is 9.88 Å². The molecule has 3 aromatic heterocycles. The van der Waals surface area contributed by atoms with E-state index in [0.29, 0.717) is 0 Å². The van der Waals surface area contributed by atoms with Crippen LogP contribution in [0.2, 0.25) is 0 Å². The Morgan fingerprint density at radius 3 is 2.73 bits per heavy atom. The van der Waals surface area contributed by atoms with E-state index in [2.05, 4.69) is 14.9 Å². The number of amides is 1. The van der Waals surface area contributed by atoms with Crippen molar-refractivity contribution in [3.63, 3.8) is 0 Å². The number of thioether (sulfide) groups is 1. The van der Waals surface area contributed by atoms with Gasteiger partial charge in [0.05, 0.1) is 22.3 Å². The summed E-state index contributed by atoms with van der Waals surface area (Å²) in [5.74, 6) is 2.11. The Morgan fingerprint density at radius 2 is 2.04 bits per heavy atom. The van der Waals surface area contributed by atoms with Crippen molar-refractivity contribution in [2.75, 3.05) is 5.75 Å². The molecule has 0 fully saturated rings. The molecule has 0 spiro atoms. The first kappa shape index (κ1) is 17.8. The van der Waals surface area contributed by atoms with E-state index >= 15 is 0 Å². The Labute approximate surface area is 165 Å². The maximum absolute atomic E-state index is 13.3. The molecule has 1 aliphatic rings. The average Bonchev–Trinajstić information content (AvgIpc) is 3.32. The number of nitrogens with zero attached hydrogens (tertiary/aromatic N) is 2. The van der Waals surface area contributed by atoms with Crippen LogP contribution in [0.25, 0.3) is 5.00 Å². The minimum atomic E-state index is -0.0419. The van der Waals surface area contributed by atoms with Gasteiger partial charge in [-0.2, -0.15) is 11.8 Å². The first-order chi connectivity index (χ1) is 12.5. The lowest BCUT2D eigenvalue weighted by Gasteiger charge is -2.16. The zero-order chi connectivity index (χ0) is 18.3. The van der Waals surface area contributed by atoms with Crippen LogP contribution in [-0.4, -0.2) is 21.2 Å². The molecule has 1 amide bonds. The van der Waals surface area contributed by atoms with E-state index in [4.69, 9.17) is 0 Å². The highest BCUT2D eigenvalue weighted by Gasteiger charge is 2.27. The molecule has 4 rings (SSSR count). The maximum atomic E-state index is 13.3. The zero-order valence-corrected chi connectivity index (χ0v) is 17.5. The smallest absolute Gasteiger partial charge is 0.255 e. The maximum Gasteiger partial charge on any atom is 0.255 e. The molecule has 0 radical (unpaired) electrons. The molecule has 0 saturated heterocycles. The third kappa shape index (κ3) is 3.23. The lowest BCUT2D eigenvalue weighted by atomic mass is 10.1. The molecule has 1 N–H and O–H groups in total. The Morgan fingerprint density at radius 1 is 1.27 bits per heavy atom. The third-order valence-electron chi connectivity index (χ3n) is 4.55. The van der Waals surface area contributed by atoms with Crippen molar-refractivity contribution in [2.45, 2.75) is 39.0 Å². The minimum absolute atomic E-state index is 0.0241. The summed E-state index contributed by atoms with van der Waals surface area (Å²) >= 11 is 5.36. The van der Waals surface area contributed by atoms with Crippen molar-refractivity contribution in [1.29, 1.82) is 0 Å². The van der Waals surface area contributed by atoms with Crippen LogP contribution >= 0.6 is 34.4 Å². The highest BCUT2D eigenvalue weighted by Crippen LogP contribution is 2.38. The van der Waals surface area contributed by atoms with Crippen LogP contribution in [0.15, 0.2) is 24.5 Å². The number of hydrogen-bond acceptors (Lipinski definition) is 5. The van der Waals surface area contributed by atoms with Gasteiger partial charge in [-0.1, -0.05) is 0 Å². The van der Waals surface area contributed by atoms with Gasteiger partial charge in [0.1, 0.15) is 5.00 Å². The first-order valence-corrected chi connectivity index (χ1v) is 11.4.